The monoisotopic (exact) mass is 554 g/mol. The van der Waals surface area contributed by atoms with Crippen LogP contribution in [0.1, 0.15) is 37.5 Å². The molecule has 5 aromatic rings. The number of aromatic nitrogens is 2. The van der Waals surface area contributed by atoms with Crippen molar-refractivity contribution >= 4 is 56.0 Å². The maximum atomic E-state index is 13.3. The van der Waals surface area contributed by atoms with Gasteiger partial charge in [0.05, 0.1) is 10.2 Å². The number of nitrogens with one attached hydrogen (secondary N) is 1. The molecule has 1 aliphatic heterocycles. The predicted molar refractivity (Wildman–Crippen MR) is 155 cm³/mol. The van der Waals surface area contributed by atoms with Crippen LogP contribution in [0.2, 0.25) is 5.02 Å². The molecule has 1 amide bonds. The lowest BCUT2D eigenvalue weighted by Gasteiger charge is -2.31. The molecule has 0 aliphatic carbocycles. The van der Waals surface area contributed by atoms with Crippen molar-refractivity contribution in [2.24, 2.45) is 0 Å². The van der Waals surface area contributed by atoms with E-state index >= 15 is 0 Å². The summed E-state index contributed by atoms with van der Waals surface area (Å²) in [6.07, 6.45) is 0.705. The molecule has 194 valence electrons. The van der Waals surface area contributed by atoms with Crippen molar-refractivity contribution in [3.05, 3.63) is 106 Å². The Morgan fingerprint density at radius 2 is 1.79 bits per heavy atom. The van der Waals surface area contributed by atoms with E-state index in [-0.39, 0.29) is 11.6 Å². The minimum atomic E-state index is -1.11. The molecule has 3 heterocycles. The van der Waals surface area contributed by atoms with Crippen molar-refractivity contribution in [3.63, 3.8) is 0 Å². The molecule has 0 spiro atoms. The third-order valence-corrected chi connectivity index (χ3v) is 8.36. The predicted octanol–water partition coefficient (Wildman–Crippen LogP) is 6.83. The number of para-hydroxylation sites is 1. The molecule has 0 unspecified atom stereocenters. The number of carbonyl (C=O) groups is 2. The Morgan fingerprint density at radius 3 is 2.62 bits per heavy atom. The molecular weight excluding hydrogens is 532 g/mol. The Balaban J connectivity index is 1.30. The van der Waals surface area contributed by atoms with Crippen molar-refractivity contribution in [2.45, 2.75) is 19.9 Å². The summed E-state index contributed by atoms with van der Waals surface area (Å²) in [6.45, 7) is 2.94. The van der Waals surface area contributed by atoms with Gasteiger partial charge in [-0.1, -0.05) is 59.3 Å². The van der Waals surface area contributed by atoms with Crippen molar-refractivity contribution < 1.29 is 14.7 Å². The minimum Gasteiger partial charge on any atom is -0.476 e. The summed E-state index contributed by atoms with van der Waals surface area (Å²) < 4.78 is 1.01. The normalized spacial score (nSPS) is 12.8. The quantitative estimate of drug-likeness (QED) is 0.247. The zero-order valence-electron chi connectivity index (χ0n) is 20.9. The first-order valence-electron chi connectivity index (χ1n) is 12.4. The van der Waals surface area contributed by atoms with E-state index in [1.165, 1.54) is 11.3 Å². The second kappa shape index (κ2) is 10.1. The number of benzene rings is 3. The Kier molecular flexibility index (Phi) is 6.50. The van der Waals surface area contributed by atoms with Gasteiger partial charge in [-0.05, 0) is 72.0 Å². The molecular formula is C30H23ClN4O3S. The Labute approximate surface area is 233 Å². The number of halogens is 1. The van der Waals surface area contributed by atoms with Crippen molar-refractivity contribution in [3.8, 4) is 11.1 Å². The lowest BCUT2D eigenvalue weighted by molar-refractivity contribution is 0.0691. The molecule has 1 aliphatic rings. The molecule has 39 heavy (non-hydrogen) atoms. The number of amides is 1. The fourth-order valence-electron chi connectivity index (χ4n) is 4.98. The maximum absolute atomic E-state index is 13.3. The first-order valence-corrected chi connectivity index (χ1v) is 13.6. The lowest BCUT2D eigenvalue weighted by atomic mass is 9.94. The SMILES string of the molecule is Cc1c(Cl)cccc1-c1ccc(N2CCc3cccc(C(=O)Nc4nc5ccccc5s4)c3C2)nc1C(=O)O. The fraction of sp³-hybridized carbons (Fsp3) is 0.133. The number of anilines is 2. The van der Waals surface area contributed by atoms with Crippen LogP contribution in [-0.2, 0) is 13.0 Å². The summed E-state index contributed by atoms with van der Waals surface area (Å²) >= 11 is 7.73. The molecule has 0 fully saturated rings. The van der Waals surface area contributed by atoms with Crippen molar-refractivity contribution in [1.82, 2.24) is 9.97 Å². The lowest BCUT2D eigenvalue weighted by Crippen LogP contribution is -2.33. The van der Waals surface area contributed by atoms with Gasteiger partial charge in [0, 0.05) is 29.2 Å². The molecule has 2 aromatic heterocycles. The zero-order valence-corrected chi connectivity index (χ0v) is 22.5. The van der Waals surface area contributed by atoms with Gasteiger partial charge < -0.3 is 10.0 Å². The van der Waals surface area contributed by atoms with Gasteiger partial charge in [-0.3, -0.25) is 10.1 Å². The van der Waals surface area contributed by atoms with Crippen LogP contribution < -0.4 is 10.2 Å². The fourth-order valence-corrected chi connectivity index (χ4v) is 6.02. The average molecular weight is 555 g/mol. The topological polar surface area (TPSA) is 95.4 Å². The van der Waals surface area contributed by atoms with Gasteiger partial charge in [0.1, 0.15) is 5.82 Å². The molecule has 3 aromatic carbocycles. The summed E-state index contributed by atoms with van der Waals surface area (Å²) in [5.74, 6) is -0.791. The van der Waals surface area contributed by atoms with Gasteiger partial charge in [0.15, 0.2) is 10.8 Å². The van der Waals surface area contributed by atoms with E-state index < -0.39 is 5.97 Å². The van der Waals surface area contributed by atoms with E-state index in [2.05, 4.69) is 15.3 Å². The Morgan fingerprint density at radius 1 is 0.974 bits per heavy atom. The highest BCUT2D eigenvalue weighted by atomic mass is 35.5. The molecule has 0 atom stereocenters. The van der Waals surface area contributed by atoms with Crippen molar-refractivity contribution in [2.75, 3.05) is 16.8 Å². The first-order chi connectivity index (χ1) is 18.9. The van der Waals surface area contributed by atoms with Crippen LogP contribution in [0.15, 0.2) is 72.8 Å². The maximum Gasteiger partial charge on any atom is 0.355 e. The van der Waals surface area contributed by atoms with E-state index in [9.17, 15) is 14.7 Å². The first kappa shape index (κ1) is 25.0. The molecule has 0 radical (unpaired) electrons. The molecule has 6 rings (SSSR count). The van der Waals surface area contributed by atoms with E-state index in [1.807, 2.05) is 66.4 Å². The summed E-state index contributed by atoms with van der Waals surface area (Å²) in [5.41, 5.74) is 5.41. The number of carboxylic acids is 1. The number of thiazole rings is 1. The molecule has 0 saturated heterocycles. The number of hydrogen-bond acceptors (Lipinski definition) is 6. The van der Waals surface area contributed by atoms with Gasteiger partial charge in [-0.15, -0.1) is 0 Å². The standard InChI is InChI=1S/C30H23ClN4O3S/c1-17-19(7-5-9-23(17)31)20-12-13-26(33-27(20)29(37)38)35-15-14-18-6-4-8-21(22(18)16-35)28(36)34-30-32-24-10-2-3-11-25(24)39-30/h2-13H,14-16H2,1H3,(H,37,38)(H,32,34,36). The number of fused-ring (bicyclic) bond motifs is 2. The molecule has 0 bridgehead atoms. The van der Waals surface area contributed by atoms with E-state index in [4.69, 9.17) is 11.6 Å². The van der Waals surface area contributed by atoms with Crippen molar-refractivity contribution in [1.29, 1.82) is 0 Å². The van der Waals surface area contributed by atoms with Crippen LogP contribution in [-0.4, -0.2) is 33.5 Å². The van der Waals surface area contributed by atoms with Gasteiger partial charge in [0.25, 0.3) is 5.91 Å². The summed E-state index contributed by atoms with van der Waals surface area (Å²) in [4.78, 5) is 36.7. The number of carbonyl (C=O) groups excluding carboxylic acids is 1. The summed E-state index contributed by atoms with van der Waals surface area (Å²) in [6, 6.07) is 22.5. The molecule has 9 heteroatoms. The van der Waals surface area contributed by atoms with Crippen LogP contribution in [0.3, 0.4) is 0 Å². The molecule has 0 saturated carbocycles. The highest BCUT2D eigenvalue weighted by Crippen LogP contribution is 2.33. The largest absolute Gasteiger partial charge is 0.476 e. The van der Waals surface area contributed by atoms with E-state index in [0.717, 1.165) is 32.5 Å². The Hall–Kier alpha value is -4.27. The number of hydrogen-bond donors (Lipinski definition) is 2. The van der Waals surface area contributed by atoms with Crippen LogP contribution in [0.5, 0.6) is 0 Å². The van der Waals surface area contributed by atoms with Gasteiger partial charge in [0.2, 0.25) is 0 Å². The van der Waals surface area contributed by atoms with Crippen LogP contribution in [0.4, 0.5) is 10.9 Å². The summed E-state index contributed by atoms with van der Waals surface area (Å²) in [5, 5.41) is 14.1. The van der Waals surface area contributed by atoms with E-state index in [1.54, 1.807) is 18.2 Å². The van der Waals surface area contributed by atoms with Gasteiger partial charge >= 0.3 is 5.97 Å². The Bertz CT molecular complexity index is 1730. The van der Waals surface area contributed by atoms with Gasteiger partial charge in [-0.2, -0.15) is 0 Å². The van der Waals surface area contributed by atoms with Crippen LogP contribution >= 0.6 is 22.9 Å². The van der Waals surface area contributed by atoms with Crippen LogP contribution in [0.25, 0.3) is 21.3 Å². The zero-order chi connectivity index (χ0) is 27.1. The average Bonchev–Trinajstić information content (AvgIpc) is 3.36. The van der Waals surface area contributed by atoms with Gasteiger partial charge in [-0.25, -0.2) is 14.8 Å². The highest BCUT2D eigenvalue weighted by Gasteiger charge is 2.25. The second-order valence-corrected chi connectivity index (χ2v) is 10.8. The highest BCUT2D eigenvalue weighted by molar-refractivity contribution is 7.22. The number of aromatic carboxylic acids is 1. The third-order valence-electron chi connectivity index (χ3n) is 7.00. The smallest absolute Gasteiger partial charge is 0.355 e. The minimum absolute atomic E-state index is 0.0365. The van der Waals surface area contributed by atoms with E-state index in [0.29, 0.717) is 46.6 Å². The number of pyridine rings is 1. The molecule has 2 N–H and O–H groups in total. The summed E-state index contributed by atoms with van der Waals surface area (Å²) in [7, 11) is 0. The number of nitrogens with zero attached hydrogens (tertiary/aromatic N) is 3. The molecule has 7 nitrogen and oxygen atoms in total. The third kappa shape index (κ3) is 4.73. The van der Waals surface area contributed by atoms with Crippen LogP contribution in [0, 0.1) is 6.92 Å². The second-order valence-electron chi connectivity index (χ2n) is 9.34. The number of rotatable bonds is 5. The number of carboxylic acid groups (broad SMARTS) is 1.